The van der Waals surface area contributed by atoms with Crippen LogP contribution in [-0.4, -0.2) is 61.5 Å². The average Bonchev–Trinajstić information content (AvgIpc) is 3.40. The van der Waals surface area contributed by atoms with Crippen LogP contribution >= 0.6 is 0 Å². The Labute approximate surface area is 200 Å². The van der Waals surface area contributed by atoms with E-state index in [0.717, 1.165) is 45.4 Å². The molecule has 2 aromatic rings. The second-order valence-electron chi connectivity index (χ2n) is 8.76. The van der Waals surface area contributed by atoms with Crippen LogP contribution in [0.3, 0.4) is 0 Å². The Morgan fingerprint density at radius 2 is 1.65 bits per heavy atom. The van der Waals surface area contributed by atoms with Crippen molar-refractivity contribution in [2.45, 2.75) is 38.2 Å². The zero-order valence-corrected chi connectivity index (χ0v) is 19.3. The van der Waals surface area contributed by atoms with Crippen LogP contribution in [0.2, 0.25) is 0 Å². The summed E-state index contributed by atoms with van der Waals surface area (Å²) in [5, 5.41) is 8.77. The Hall–Kier alpha value is -3.39. The van der Waals surface area contributed by atoms with Gasteiger partial charge in [0.05, 0.1) is 12.6 Å². The van der Waals surface area contributed by atoms with E-state index in [-0.39, 0.29) is 30.4 Å². The van der Waals surface area contributed by atoms with Crippen LogP contribution in [0.4, 0.5) is 11.4 Å². The molecule has 3 amide bonds. The molecule has 34 heavy (non-hydrogen) atoms. The molecule has 2 saturated heterocycles. The molecular formula is C26H32N4O4. The molecule has 180 valence electrons. The van der Waals surface area contributed by atoms with E-state index >= 15 is 0 Å². The van der Waals surface area contributed by atoms with Crippen LogP contribution in [0.5, 0.6) is 0 Å². The average molecular weight is 465 g/mol. The number of carbonyl (C=O) groups is 3. The normalized spacial score (nSPS) is 17.8. The summed E-state index contributed by atoms with van der Waals surface area (Å²) >= 11 is 0. The van der Waals surface area contributed by atoms with Crippen LogP contribution < -0.4 is 16.0 Å². The number of amides is 3. The summed E-state index contributed by atoms with van der Waals surface area (Å²) < 4.78 is 5.53. The van der Waals surface area contributed by atoms with Gasteiger partial charge in [0.15, 0.2) is 0 Å². The van der Waals surface area contributed by atoms with Crippen molar-refractivity contribution in [1.29, 1.82) is 0 Å². The maximum absolute atomic E-state index is 12.7. The van der Waals surface area contributed by atoms with Crippen molar-refractivity contribution in [3.05, 3.63) is 59.7 Å². The molecule has 2 fully saturated rings. The molecule has 0 spiro atoms. The molecule has 2 heterocycles. The number of benzene rings is 2. The fourth-order valence-corrected chi connectivity index (χ4v) is 4.28. The van der Waals surface area contributed by atoms with E-state index in [2.05, 4.69) is 16.0 Å². The van der Waals surface area contributed by atoms with Gasteiger partial charge in [0, 0.05) is 48.7 Å². The Kier molecular flexibility index (Phi) is 8.14. The van der Waals surface area contributed by atoms with Crippen molar-refractivity contribution in [3.8, 4) is 0 Å². The topological polar surface area (TPSA) is 99.8 Å². The summed E-state index contributed by atoms with van der Waals surface area (Å²) in [5.41, 5.74) is 2.35. The third-order valence-electron chi connectivity index (χ3n) is 6.13. The molecule has 3 N–H and O–H groups in total. The van der Waals surface area contributed by atoms with Crippen LogP contribution in [-0.2, 0) is 9.53 Å². The van der Waals surface area contributed by atoms with E-state index in [1.54, 1.807) is 36.4 Å². The highest BCUT2D eigenvalue weighted by Crippen LogP contribution is 2.17. The number of rotatable bonds is 8. The van der Waals surface area contributed by atoms with Crippen LogP contribution in [0.1, 0.15) is 52.8 Å². The smallest absolute Gasteiger partial charge is 0.253 e. The number of likely N-dealkylation sites (tertiary alicyclic amines) is 1. The lowest BCUT2D eigenvalue weighted by Gasteiger charge is -2.26. The molecule has 0 aromatic heterocycles. The van der Waals surface area contributed by atoms with Gasteiger partial charge >= 0.3 is 0 Å². The van der Waals surface area contributed by atoms with Gasteiger partial charge in [0.25, 0.3) is 11.8 Å². The summed E-state index contributed by atoms with van der Waals surface area (Å²) in [6.07, 6.45) is 5.31. The van der Waals surface area contributed by atoms with E-state index < -0.39 is 0 Å². The quantitative estimate of drug-likeness (QED) is 0.557. The van der Waals surface area contributed by atoms with Crippen LogP contribution in [0, 0.1) is 0 Å². The minimum atomic E-state index is -0.246. The lowest BCUT2D eigenvalue weighted by atomic mass is 10.1. The molecule has 1 atom stereocenters. The Bertz CT molecular complexity index is 1010. The largest absolute Gasteiger partial charge is 0.376 e. The molecule has 2 aliphatic rings. The van der Waals surface area contributed by atoms with Crippen molar-refractivity contribution >= 4 is 29.1 Å². The number of piperidine rings is 1. The van der Waals surface area contributed by atoms with Crippen LogP contribution in [0.15, 0.2) is 48.5 Å². The molecule has 4 rings (SSSR count). The monoisotopic (exact) mass is 464 g/mol. The molecule has 0 saturated carbocycles. The SMILES string of the molecule is O=C(CNc1cccc(C(=O)N2CCCCC2)c1)Nc1cccc(C(=O)NCC2CCCO2)c1. The first-order valence-corrected chi connectivity index (χ1v) is 12.0. The number of carbonyl (C=O) groups excluding carboxylic acids is 3. The van der Waals surface area contributed by atoms with E-state index in [0.29, 0.717) is 29.0 Å². The summed E-state index contributed by atoms with van der Waals surface area (Å²) in [5.74, 6) is -0.410. The van der Waals surface area contributed by atoms with Gasteiger partial charge in [-0.2, -0.15) is 0 Å². The second kappa shape index (κ2) is 11.7. The summed E-state index contributed by atoms with van der Waals surface area (Å²) in [7, 11) is 0. The Morgan fingerprint density at radius 1 is 0.912 bits per heavy atom. The molecule has 8 heteroatoms. The van der Waals surface area contributed by atoms with Crippen LogP contribution in [0.25, 0.3) is 0 Å². The highest BCUT2D eigenvalue weighted by molar-refractivity contribution is 5.98. The number of anilines is 2. The highest BCUT2D eigenvalue weighted by atomic mass is 16.5. The van der Waals surface area contributed by atoms with Gasteiger partial charge in [-0.15, -0.1) is 0 Å². The fourth-order valence-electron chi connectivity index (χ4n) is 4.28. The first-order valence-electron chi connectivity index (χ1n) is 12.0. The van der Waals surface area contributed by atoms with Gasteiger partial charge in [-0.25, -0.2) is 0 Å². The molecule has 8 nitrogen and oxygen atoms in total. The minimum Gasteiger partial charge on any atom is -0.376 e. The van der Waals surface area contributed by atoms with Crippen molar-refractivity contribution in [1.82, 2.24) is 10.2 Å². The Balaban J connectivity index is 1.27. The van der Waals surface area contributed by atoms with E-state index in [9.17, 15) is 14.4 Å². The molecular weight excluding hydrogens is 432 g/mol. The molecule has 0 bridgehead atoms. The standard InChI is InChI=1S/C26H32N4O4/c31-24(18-27-21-9-5-8-20(16-21)26(33)30-12-2-1-3-13-30)29-22-10-4-7-19(15-22)25(32)28-17-23-11-6-14-34-23/h4-5,7-10,15-16,23,27H,1-3,6,11-14,17-18H2,(H,28,32)(H,29,31). The third kappa shape index (κ3) is 6.57. The highest BCUT2D eigenvalue weighted by Gasteiger charge is 2.19. The fraction of sp³-hybridized carbons (Fsp3) is 0.423. The molecule has 1 unspecified atom stereocenters. The zero-order valence-electron chi connectivity index (χ0n) is 19.3. The predicted octanol–water partition coefficient (Wildman–Crippen LogP) is 3.27. The van der Waals surface area contributed by atoms with Gasteiger partial charge < -0.3 is 25.6 Å². The molecule has 0 aliphatic carbocycles. The maximum Gasteiger partial charge on any atom is 0.253 e. The zero-order chi connectivity index (χ0) is 23.8. The predicted molar refractivity (Wildman–Crippen MR) is 131 cm³/mol. The molecule has 2 aliphatic heterocycles. The number of ether oxygens (including phenoxy) is 1. The molecule has 0 radical (unpaired) electrons. The number of hydrogen-bond donors (Lipinski definition) is 3. The summed E-state index contributed by atoms with van der Waals surface area (Å²) in [6, 6.07) is 14.1. The number of hydrogen-bond acceptors (Lipinski definition) is 5. The summed E-state index contributed by atoms with van der Waals surface area (Å²) in [6.45, 7) is 2.86. The van der Waals surface area contributed by atoms with E-state index in [1.165, 1.54) is 6.42 Å². The van der Waals surface area contributed by atoms with Gasteiger partial charge in [0.1, 0.15) is 0 Å². The number of nitrogens with zero attached hydrogens (tertiary/aromatic N) is 1. The van der Waals surface area contributed by atoms with Gasteiger partial charge in [-0.3, -0.25) is 14.4 Å². The third-order valence-corrected chi connectivity index (χ3v) is 6.13. The minimum absolute atomic E-state index is 0.0300. The maximum atomic E-state index is 12.7. The number of nitrogens with one attached hydrogen (secondary N) is 3. The molecule has 2 aromatic carbocycles. The van der Waals surface area contributed by atoms with E-state index in [1.807, 2.05) is 17.0 Å². The lowest BCUT2D eigenvalue weighted by Crippen LogP contribution is -2.35. The van der Waals surface area contributed by atoms with Crippen molar-refractivity contribution < 1.29 is 19.1 Å². The second-order valence-corrected chi connectivity index (χ2v) is 8.76. The summed E-state index contributed by atoms with van der Waals surface area (Å²) in [4.78, 5) is 39.5. The van der Waals surface area contributed by atoms with E-state index in [4.69, 9.17) is 4.74 Å². The van der Waals surface area contributed by atoms with Crippen molar-refractivity contribution in [2.24, 2.45) is 0 Å². The van der Waals surface area contributed by atoms with Crippen molar-refractivity contribution in [3.63, 3.8) is 0 Å². The van der Waals surface area contributed by atoms with Crippen molar-refractivity contribution in [2.75, 3.05) is 43.4 Å². The van der Waals surface area contributed by atoms with Gasteiger partial charge in [-0.05, 0) is 68.5 Å². The first-order chi connectivity index (χ1) is 16.6. The van der Waals surface area contributed by atoms with Gasteiger partial charge in [0.2, 0.25) is 5.91 Å². The Morgan fingerprint density at radius 3 is 2.41 bits per heavy atom. The first kappa shape index (κ1) is 23.8. The lowest BCUT2D eigenvalue weighted by molar-refractivity contribution is -0.114. The van der Waals surface area contributed by atoms with Gasteiger partial charge in [-0.1, -0.05) is 12.1 Å².